The van der Waals surface area contributed by atoms with E-state index in [1.807, 2.05) is 12.3 Å². The maximum absolute atomic E-state index is 4.91. The smallest absolute Gasteiger partial charge is 0.0714 e. The van der Waals surface area contributed by atoms with Crippen LogP contribution in [0.15, 0.2) is 150 Å². The molecular formula is C35H24BrN. The van der Waals surface area contributed by atoms with Crippen molar-refractivity contribution in [3.63, 3.8) is 0 Å². The maximum Gasteiger partial charge on any atom is 0.0714 e. The molecular weight excluding hydrogens is 514 g/mol. The van der Waals surface area contributed by atoms with Crippen molar-refractivity contribution in [2.75, 3.05) is 0 Å². The predicted molar refractivity (Wildman–Crippen MR) is 159 cm³/mol. The van der Waals surface area contributed by atoms with Crippen LogP contribution in [0.2, 0.25) is 0 Å². The minimum Gasteiger partial charge on any atom is -0.256 e. The molecule has 0 unspecified atom stereocenters. The third-order valence-electron chi connectivity index (χ3n) is 6.61. The lowest BCUT2D eigenvalue weighted by Crippen LogP contribution is -2.00. The second-order valence-corrected chi connectivity index (χ2v) is 9.66. The molecule has 0 fully saturated rings. The van der Waals surface area contributed by atoms with E-state index in [1.54, 1.807) is 0 Å². The summed E-state index contributed by atoms with van der Waals surface area (Å²) in [4.78, 5) is 4.91. The molecule has 0 saturated heterocycles. The summed E-state index contributed by atoms with van der Waals surface area (Å²) < 4.78 is 1.07. The van der Waals surface area contributed by atoms with Crippen molar-refractivity contribution in [3.05, 3.63) is 150 Å². The van der Waals surface area contributed by atoms with Crippen molar-refractivity contribution in [2.24, 2.45) is 0 Å². The van der Waals surface area contributed by atoms with Crippen LogP contribution in [0.5, 0.6) is 0 Å². The van der Waals surface area contributed by atoms with Crippen LogP contribution in [0, 0.1) is 0 Å². The summed E-state index contributed by atoms with van der Waals surface area (Å²) in [5.74, 6) is 0. The molecule has 0 radical (unpaired) electrons. The van der Waals surface area contributed by atoms with E-state index in [-0.39, 0.29) is 0 Å². The monoisotopic (exact) mass is 537 g/mol. The molecule has 6 aromatic rings. The van der Waals surface area contributed by atoms with E-state index in [4.69, 9.17) is 4.98 Å². The molecule has 0 amide bonds. The molecule has 0 aliphatic heterocycles. The van der Waals surface area contributed by atoms with E-state index < -0.39 is 0 Å². The Bertz CT molecular complexity index is 1530. The molecule has 0 spiro atoms. The van der Waals surface area contributed by atoms with Crippen molar-refractivity contribution in [1.29, 1.82) is 0 Å². The minimum absolute atomic E-state index is 0.946. The van der Waals surface area contributed by atoms with Gasteiger partial charge in [-0.2, -0.15) is 0 Å². The number of hydrogen-bond donors (Lipinski definition) is 0. The number of halogens is 1. The molecule has 1 aromatic heterocycles. The van der Waals surface area contributed by atoms with Gasteiger partial charge in [-0.25, -0.2) is 0 Å². The number of rotatable bonds is 5. The minimum atomic E-state index is 0.946. The third-order valence-corrected chi connectivity index (χ3v) is 7.40. The molecule has 6 rings (SSSR count). The molecule has 0 saturated carbocycles. The highest BCUT2D eigenvalue weighted by Crippen LogP contribution is 2.54. The van der Waals surface area contributed by atoms with E-state index in [9.17, 15) is 0 Å². The molecule has 2 heteroatoms. The Morgan fingerprint density at radius 3 is 1.05 bits per heavy atom. The number of aromatic nitrogens is 1. The predicted octanol–water partition coefficient (Wildman–Crippen LogP) is 10.2. The molecule has 0 aliphatic rings. The average Bonchev–Trinajstić information content (AvgIpc) is 2.98. The molecule has 0 aliphatic carbocycles. The number of hydrogen-bond acceptors (Lipinski definition) is 1. The van der Waals surface area contributed by atoms with Crippen molar-refractivity contribution in [2.45, 2.75) is 0 Å². The zero-order valence-electron chi connectivity index (χ0n) is 20.2. The van der Waals surface area contributed by atoms with Crippen LogP contribution in [-0.4, -0.2) is 4.98 Å². The highest BCUT2D eigenvalue weighted by molar-refractivity contribution is 9.10. The molecule has 0 atom stereocenters. The van der Waals surface area contributed by atoms with Crippen molar-refractivity contribution < 1.29 is 0 Å². The largest absolute Gasteiger partial charge is 0.256 e. The fourth-order valence-corrected chi connectivity index (χ4v) is 5.88. The second-order valence-electron chi connectivity index (χ2n) is 8.87. The lowest BCUT2D eigenvalue weighted by molar-refractivity contribution is 1.32. The van der Waals surface area contributed by atoms with Crippen LogP contribution in [0.3, 0.4) is 0 Å². The van der Waals surface area contributed by atoms with Crippen molar-refractivity contribution >= 4 is 15.9 Å². The number of benzene rings is 5. The first-order chi connectivity index (χ1) is 18.3. The van der Waals surface area contributed by atoms with E-state index in [2.05, 4.69) is 149 Å². The van der Waals surface area contributed by atoms with Gasteiger partial charge in [-0.15, -0.1) is 0 Å². The fraction of sp³-hybridized carbons (Fsp3) is 0. The molecule has 176 valence electrons. The molecule has 1 heterocycles. The van der Waals surface area contributed by atoms with Gasteiger partial charge in [0.05, 0.1) is 5.69 Å². The number of pyridine rings is 1. The molecule has 0 N–H and O–H groups in total. The van der Waals surface area contributed by atoms with Crippen LogP contribution in [0.1, 0.15) is 0 Å². The van der Waals surface area contributed by atoms with Crippen LogP contribution in [0.4, 0.5) is 0 Å². The third kappa shape index (κ3) is 4.41. The zero-order chi connectivity index (χ0) is 25.0. The SMILES string of the molecule is Brc1c(-c2ccccc2)c(-c2ccccc2)c(-c2ccccn2)c(-c2ccccc2)c1-c1ccccc1. The summed E-state index contributed by atoms with van der Waals surface area (Å²) in [7, 11) is 0. The van der Waals surface area contributed by atoms with Gasteiger partial charge in [0.2, 0.25) is 0 Å². The Hall–Kier alpha value is -4.27. The highest BCUT2D eigenvalue weighted by Gasteiger charge is 2.27. The topological polar surface area (TPSA) is 12.9 Å². The zero-order valence-corrected chi connectivity index (χ0v) is 21.8. The Balaban J connectivity index is 1.89. The van der Waals surface area contributed by atoms with Crippen LogP contribution in [0.25, 0.3) is 55.8 Å². The second kappa shape index (κ2) is 10.4. The Labute approximate surface area is 226 Å². The van der Waals surface area contributed by atoms with Gasteiger partial charge in [0.1, 0.15) is 0 Å². The Kier molecular flexibility index (Phi) is 6.49. The summed E-state index contributed by atoms with van der Waals surface area (Å²) in [5, 5.41) is 0. The quantitative estimate of drug-likeness (QED) is 0.213. The summed E-state index contributed by atoms with van der Waals surface area (Å²) in [6, 6.07) is 48.8. The van der Waals surface area contributed by atoms with Gasteiger partial charge in [-0.1, -0.05) is 127 Å². The number of nitrogens with zero attached hydrogens (tertiary/aromatic N) is 1. The van der Waals surface area contributed by atoms with Gasteiger partial charge < -0.3 is 0 Å². The van der Waals surface area contributed by atoms with Gasteiger partial charge in [-0.3, -0.25) is 4.98 Å². The van der Waals surface area contributed by atoms with Gasteiger partial charge >= 0.3 is 0 Å². The molecule has 37 heavy (non-hydrogen) atoms. The standard InChI is InChI=1S/C35H24BrN/c36-35-32(27-19-9-3-10-20-27)30(25-15-5-1-6-16-25)34(29-23-13-14-24-37-29)31(26-17-7-2-8-18-26)33(35)28-21-11-4-12-22-28/h1-24H. The average molecular weight is 538 g/mol. The normalized spacial score (nSPS) is 10.8. The van der Waals surface area contributed by atoms with Crippen molar-refractivity contribution in [3.8, 4) is 55.8 Å². The van der Waals surface area contributed by atoms with Gasteiger partial charge in [0.25, 0.3) is 0 Å². The van der Waals surface area contributed by atoms with E-state index >= 15 is 0 Å². The first-order valence-corrected chi connectivity index (χ1v) is 13.1. The van der Waals surface area contributed by atoms with Gasteiger partial charge in [0, 0.05) is 38.5 Å². The molecule has 5 aromatic carbocycles. The van der Waals surface area contributed by atoms with E-state index in [0.717, 1.165) is 60.2 Å². The van der Waals surface area contributed by atoms with Crippen LogP contribution in [-0.2, 0) is 0 Å². The summed E-state index contributed by atoms with van der Waals surface area (Å²) >= 11 is 4.14. The fourth-order valence-electron chi connectivity index (χ4n) is 5.03. The van der Waals surface area contributed by atoms with Gasteiger partial charge in [-0.05, 0) is 50.3 Å². The van der Waals surface area contributed by atoms with Crippen LogP contribution >= 0.6 is 15.9 Å². The van der Waals surface area contributed by atoms with E-state index in [1.165, 1.54) is 0 Å². The summed E-state index contributed by atoms with van der Waals surface area (Å²) in [6.07, 6.45) is 1.88. The lowest BCUT2D eigenvalue weighted by atomic mass is 9.80. The molecule has 1 nitrogen and oxygen atoms in total. The van der Waals surface area contributed by atoms with Crippen molar-refractivity contribution in [1.82, 2.24) is 4.98 Å². The molecule has 0 bridgehead atoms. The Morgan fingerprint density at radius 2 is 0.703 bits per heavy atom. The maximum atomic E-state index is 4.91. The summed E-state index contributed by atoms with van der Waals surface area (Å²) in [6.45, 7) is 0. The van der Waals surface area contributed by atoms with Crippen LogP contribution < -0.4 is 0 Å². The summed E-state index contributed by atoms with van der Waals surface area (Å²) in [5.41, 5.74) is 11.3. The first kappa shape index (κ1) is 23.1. The lowest BCUT2D eigenvalue weighted by Gasteiger charge is -2.26. The van der Waals surface area contributed by atoms with E-state index in [0.29, 0.717) is 0 Å². The highest BCUT2D eigenvalue weighted by atomic mass is 79.9. The Morgan fingerprint density at radius 1 is 0.351 bits per heavy atom. The first-order valence-electron chi connectivity index (χ1n) is 12.4. The van der Waals surface area contributed by atoms with Gasteiger partial charge in [0.15, 0.2) is 0 Å².